The highest BCUT2D eigenvalue weighted by atomic mass is 32.2. The first kappa shape index (κ1) is 15.7. The molecule has 0 unspecified atom stereocenters. The second-order valence-corrected chi connectivity index (χ2v) is 7.54. The van der Waals surface area contributed by atoms with Gasteiger partial charge in [0.1, 0.15) is 0 Å². The SMILES string of the molecule is NCc1sccc1S(=O)(=O)N1CCC(C(F)(F)F)CC1. The van der Waals surface area contributed by atoms with E-state index in [1.54, 1.807) is 5.38 Å². The maximum Gasteiger partial charge on any atom is 0.391 e. The van der Waals surface area contributed by atoms with Crippen molar-refractivity contribution in [2.24, 2.45) is 11.7 Å². The van der Waals surface area contributed by atoms with E-state index in [9.17, 15) is 21.6 Å². The van der Waals surface area contributed by atoms with Crippen molar-refractivity contribution in [3.63, 3.8) is 0 Å². The highest BCUT2D eigenvalue weighted by molar-refractivity contribution is 7.89. The van der Waals surface area contributed by atoms with E-state index in [4.69, 9.17) is 5.73 Å². The highest BCUT2D eigenvalue weighted by Crippen LogP contribution is 2.36. The molecule has 0 spiro atoms. The fraction of sp³-hybridized carbons (Fsp3) is 0.636. The molecule has 9 heteroatoms. The Morgan fingerprint density at radius 2 is 1.95 bits per heavy atom. The number of hydrogen-bond acceptors (Lipinski definition) is 4. The average Bonchev–Trinajstić information content (AvgIpc) is 2.87. The quantitative estimate of drug-likeness (QED) is 0.925. The molecule has 1 aliphatic rings. The molecule has 0 atom stereocenters. The molecule has 1 aromatic rings. The molecule has 1 fully saturated rings. The van der Waals surface area contributed by atoms with Gasteiger partial charge < -0.3 is 5.73 Å². The Morgan fingerprint density at radius 1 is 1.35 bits per heavy atom. The summed E-state index contributed by atoms with van der Waals surface area (Å²) in [5.74, 6) is -1.41. The van der Waals surface area contributed by atoms with Crippen LogP contribution in [0.2, 0.25) is 0 Å². The van der Waals surface area contributed by atoms with Crippen LogP contribution in [0.4, 0.5) is 13.2 Å². The molecular weight excluding hydrogens is 313 g/mol. The minimum atomic E-state index is -4.25. The zero-order valence-electron chi connectivity index (χ0n) is 10.6. The Bertz CT molecular complexity index is 560. The smallest absolute Gasteiger partial charge is 0.326 e. The number of nitrogens with two attached hydrogens (primary N) is 1. The third kappa shape index (κ3) is 3.00. The number of halogens is 3. The van der Waals surface area contributed by atoms with E-state index >= 15 is 0 Å². The Labute approximate surface area is 119 Å². The van der Waals surface area contributed by atoms with E-state index < -0.39 is 22.1 Å². The molecule has 0 amide bonds. The van der Waals surface area contributed by atoms with E-state index in [-0.39, 0.29) is 37.4 Å². The second-order valence-electron chi connectivity index (χ2n) is 4.63. The lowest BCUT2D eigenvalue weighted by atomic mass is 9.98. The molecule has 2 N–H and O–H groups in total. The van der Waals surface area contributed by atoms with Crippen LogP contribution in [0.25, 0.3) is 0 Å². The number of rotatable bonds is 3. The van der Waals surface area contributed by atoms with Crippen LogP contribution in [0.15, 0.2) is 16.3 Å². The lowest BCUT2D eigenvalue weighted by molar-refractivity contribution is -0.182. The van der Waals surface area contributed by atoms with Crippen LogP contribution in [0, 0.1) is 5.92 Å². The van der Waals surface area contributed by atoms with E-state index in [0.717, 1.165) is 4.31 Å². The number of thiophene rings is 1. The second kappa shape index (κ2) is 5.63. The lowest BCUT2D eigenvalue weighted by Crippen LogP contribution is -2.42. The fourth-order valence-corrected chi connectivity index (χ4v) is 5.05. The number of sulfonamides is 1. The van der Waals surface area contributed by atoms with Crippen LogP contribution < -0.4 is 5.73 Å². The first-order chi connectivity index (χ1) is 9.26. The van der Waals surface area contributed by atoms with Gasteiger partial charge >= 0.3 is 6.18 Å². The molecule has 0 radical (unpaired) electrons. The molecule has 4 nitrogen and oxygen atoms in total. The number of nitrogens with zero attached hydrogens (tertiary/aromatic N) is 1. The summed E-state index contributed by atoms with van der Waals surface area (Å²) in [6.07, 6.45) is -4.63. The van der Waals surface area contributed by atoms with Gasteiger partial charge in [-0.05, 0) is 24.3 Å². The summed E-state index contributed by atoms with van der Waals surface area (Å²) in [4.78, 5) is 0.651. The van der Waals surface area contributed by atoms with Crippen molar-refractivity contribution in [2.45, 2.75) is 30.5 Å². The van der Waals surface area contributed by atoms with E-state index in [1.807, 2.05) is 0 Å². The van der Waals surface area contributed by atoms with Crippen molar-refractivity contribution in [3.8, 4) is 0 Å². The average molecular weight is 328 g/mol. The van der Waals surface area contributed by atoms with Crippen LogP contribution in [0.1, 0.15) is 17.7 Å². The molecular formula is C11H15F3N2O2S2. The molecule has 2 rings (SSSR count). The van der Waals surface area contributed by atoms with Gasteiger partial charge in [-0.1, -0.05) is 0 Å². The third-order valence-electron chi connectivity index (χ3n) is 3.42. The topological polar surface area (TPSA) is 63.4 Å². The molecule has 20 heavy (non-hydrogen) atoms. The van der Waals surface area contributed by atoms with Crippen LogP contribution in [-0.2, 0) is 16.6 Å². The van der Waals surface area contributed by atoms with E-state index in [1.165, 1.54) is 17.4 Å². The monoisotopic (exact) mass is 328 g/mol. The number of hydrogen-bond donors (Lipinski definition) is 1. The van der Waals surface area contributed by atoms with Crippen LogP contribution >= 0.6 is 11.3 Å². The van der Waals surface area contributed by atoms with Gasteiger partial charge in [-0.15, -0.1) is 11.3 Å². The van der Waals surface area contributed by atoms with Crippen molar-refractivity contribution in [1.29, 1.82) is 0 Å². The molecule has 1 saturated heterocycles. The predicted molar refractivity (Wildman–Crippen MR) is 69.7 cm³/mol. The molecule has 0 aliphatic carbocycles. The van der Waals surface area contributed by atoms with E-state index in [2.05, 4.69) is 0 Å². The zero-order chi connectivity index (χ0) is 15.0. The minimum Gasteiger partial charge on any atom is -0.326 e. The van der Waals surface area contributed by atoms with Gasteiger partial charge in [0, 0.05) is 24.5 Å². The molecule has 2 heterocycles. The number of piperidine rings is 1. The van der Waals surface area contributed by atoms with Crippen molar-refractivity contribution in [3.05, 3.63) is 16.3 Å². The zero-order valence-corrected chi connectivity index (χ0v) is 12.2. The van der Waals surface area contributed by atoms with Crippen molar-refractivity contribution < 1.29 is 21.6 Å². The third-order valence-corrected chi connectivity index (χ3v) is 6.48. The Hall–Kier alpha value is -0.640. The molecule has 1 aliphatic heterocycles. The molecule has 0 bridgehead atoms. The predicted octanol–water partition coefficient (Wildman–Crippen LogP) is 2.17. The molecule has 0 saturated carbocycles. The Balaban J connectivity index is 2.14. The van der Waals surface area contributed by atoms with Crippen LogP contribution in [0.5, 0.6) is 0 Å². The summed E-state index contributed by atoms with van der Waals surface area (Å²) in [6, 6.07) is 1.46. The van der Waals surface area contributed by atoms with Gasteiger partial charge in [0.2, 0.25) is 10.0 Å². The molecule has 114 valence electrons. The minimum absolute atomic E-state index is 0.102. The number of alkyl halides is 3. The fourth-order valence-electron chi connectivity index (χ4n) is 2.27. The van der Waals surface area contributed by atoms with E-state index in [0.29, 0.717) is 4.88 Å². The van der Waals surface area contributed by atoms with Gasteiger partial charge in [0.15, 0.2) is 0 Å². The van der Waals surface area contributed by atoms with Crippen molar-refractivity contribution in [2.75, 3.05) is 13.1 Å². The summed E-state index contributed by atoms with van der Waals surface area (Å²) in [7, 11) is -3.73. The summed E-state index contributed by atoms with van der Waals surface area (Å²) in [5.41, 5.74) is 5.48. The van der Waals surface area contributed by atoms with Crippen LogP contribution in [0.3, 0.4) is 0 Å². The Kier molecular flexibility index (Phi) is 4.43. The lowest BCUT2D eigenvalue weighted by Gasteiger charge is -2.32. The normalized spacial score (nSPS) is 19.4. The first-order valence-corrected chi connectivity index (χ1v) is 8.42. The molecule has 1 aromatic heterocycles. The summed E-state index contributed by atoms with van der Waals surface area (Å²) >= 11 is 1.23. The van der Waals surface area contributed by atoms with Gasteiger partial charge in [-0.3, -0.25) is 0 Å². The summed E-state index contributed by atoms with van der Waals surface area (Å²) in [6.45, 7) is -0.107. The van der Waals surface area contributed by atoms with Gasteiger partial charge in [0.25, 0.3) is 0 Å². The largest absolute Gasteiger partial charge is 0.391 e. The maximum absolute atomic E-state index is 12.6. The van der Waals surface area contributed by atoms with Crippen molar-refractivity contribution in [1.82, 2.24) is 4.31 Å². The Morgan fingerprint density at radius 3 is 2.45 bits per heavy atom. The van der Waals surface area contributed by atoms with Gasteiger partial charge in [0.05, 0.1) is 10.8 Å². The first-order valence-electron chi connectivity index (χ1n) is 6.10. The van der Waals surface area contributed by atoms with Gasteiger partial charge in [-0.2, -0.15) is 17.5 Å². The van der Waals surface area contributed by atoms with Crippen LogP contribution in [-0.4, -0.2) is 32.0 Å². The summed E-state index contributed by atoms with van der Waals surface area (Å²) < 4.78 is 63.6. The van der Waals surface area contributed by atoms with Gasteiger partial charge in [-0.25, -0.2) is 8.42 Å². The molecule has 0 aromatic carbocycles. The summed E-state index contributed by atoms with van der Waals surface area (Å²) in [5, 5.41) is 1.62. The maximum atomic E-state index is 12.6. The standard InChI is InChI=1S/C11H15F3N2O2S2/c12-11(13,14)8-1-4-16(5-2-8)20(17,18)10-3-6-19-9(10)7-15/h3,6,8H,1-2,4-5,7,15H2. The highest BCUT2D eigenvalue weighted by Gasteiger charge is 2.43. The van der Waals surface area contributed by atoms with Crippen molar-refractivity contribution >= 4 is 21.4 Å².